The van der Waals surface area contributed by atoms with Gasteiger partial charge in [-0.15, -0.1) is 11.3 Å². The van der Waals surface area contributed by atoms with Gasteiger partial charge in [-0.1, -0.05) is 12.1 Å². The van der Waals surface area contributed by atoms with Gasteiger partial charge in [0.25, 0.3) is 0 Å². The Balaban J connectivity index is 1.62. The van der Waals surface area contributed by atoms with Crippen molar-refractivity contribution in [2.75, 3.05) is 5.73 Å². The van der Waals surface area contributed by atoms with Crippen LogP contribution in [0.3, 0.4) is 0 Å². The Kier molecular flexibility index (Phi) is 5.56. The molecule has 0 spiro atoms. The first-order chi connectivity index (χ1) is 14.8. The highest BCUT2D eigenvalue weighted by Crippen LogP contribution is 2.37. The number of alkyl carbamates (subject to hydrolysis) is 1. The number of nitrogen functional groups attached to an aromatic ring is 1. The van der Waals surface area contributed by atoms with E-state index in [1.54, 1.807) is 30.1 Å². The Labute approximate surface area is 184 Å². The highest BCUT2D eigenvalue weighted by atomic mass is 32.1. The first-order valence-electron chi connectivity index (χ1n) is 9.80. The summed E-state index contributed by atoms with van der Waals surface area (Å²) in [6, 6.07) is 11.8. The predicted molar refractivity (Wildman–Crippen MR) is 124 cm³/mol. The van der Waals surface area contributed by atoms with Crippen molar-refractivity contribution < 1.29 is 9.53 Å². The number of aromatic nitrogens is 3. The van der Waals surface area contributed by atoms with Crippen LogP contribution >= 0.6 is 11.3 Å². The van der Waals surface area contributed by atoms with E-state index in [1.165, 1.54) is 0 Å². The standard InChI is InChI=1S/C23H23N5O2S/c1-23(2,3)30-22(29)26-11-14-7-16(12-25-10-14)20-21-18(27-13-28-20)9-19(31-21)15-5-4-6-17(24)8-15/h4-10,12-13H,11,24H2,1-3H3,(H,26,29). The topological polar surface area (TPSA) is 103 Å². The average molecular weight is 434 g/mol. The fourth-order valence-corrected chi connectivity index (χ4v) is 4.22. The summed E-state index contributed by atoms with van der Waals surface area (Å²) in [6.45, 7) is 5.79. The molecule has 0 aliphatic carbocycles. The molecule has 158 valence electrons. The molecule has 0 bridgehead atoms. The summed E-state index contributed by atoms with van der Waals surface area (Å²) in [5.74, 6) is 0. The van der Waals surface area contributed by atoms with Crippen LogP contribution < -0.4 is 11.1 Å². The Morgan fingerprint density at radius 3 is 2.74 bits per heavy atom. The van der Waals surface area contributed by atoms with Crippen molar-refractivity contribution in [2.45, 2.75) is 32.9 Å². The fourth-order valence-electron chi connectivity index (χ4n) is 3.10. The molecule has 8 heteroatoms. The summed E-state index contributed by atoms with van der Waals surface area (Å²) in [6.07, 6.45) is 4.57. The average Bonchev–Trinajstić information content (AvgIpc) is 3.16. The van der Waals surface area contributed by atoms with Gasteiger partial charge in [0.05, 0.1) is 15.9 Å². The van der Waals surface area contributed by atoms with Crippen LogP contribution in [0.25, 0.3) is 31.9 Å². The monoisotopic (exact) mass is 433 g/mol. The number of hydrogen-bond donors (Lipinski definition) is 2. The number of ether oxygens (including phenoxy) is 1. The zero-order valence-corrected chi connectivity index (χ0v) is 18.4. The van der Waals surface area contributed by atoms with E-state index in [9.17, 15) is 4.79 Å². The number of hydrogen-bond acceptors (Lipinski definition) is 7. The van der Waals surface area contributed by atoms with Crippen molar-refractivity contribution in [3.8, 4) is 21.7 Å². The van der Waals surface area contributed by atoms with E-state index in [-0.39, 0.29) is 0 Å². The molecule has 1 aromatic carbocycles. The minimum absolute atomic E-state index is 0.308. The van der Waals surface area contributed by atoms with Crippen molar-refractivity contribution in [3.63, 3.8) is 0 Å². The third kappa shape index (κ3) is 4.97. The Morgan fingerprint density at radius 2 is 1.97 bits per heavy atom. The summed E-state index contributed by atoms with van der Waals surface area (Å²) in [5, 5.41) is 2.76. The molecule has 7 nitrogen and oxygen atoms in total. The molecule has 0 aliphatic rings. The second-order valence-electron chi connectivity index (χ2n) is 8.11. The number of anilines is 1. The number of nitrogens with one attached hydrogen (secondary N) is 1. The first kappa shape index (κ1) is 20.7. The van der Waals surface area contributed by atoms with Crippen molar-refractivity contribution >= 4 is 33.3 Å². The maximum absolute atomic E-state index is 11.9. The number of nitrogens with two attached hydrogens (primary N) is 1. The van der Waals surface area contributed by atoms with E-state index in [0.29, 0.717) is 6.54 Å². The molecule has 3 N–H and O–H groups in total. The highest BCUT2D eigenvalue weighted by molar-refractivity contribution is 7.22. The summed E-state index contributed by atoms with van der Waals surface area (Å²) in [7, 11) is 0. The number of fused-ring (bicyclic) bond motifs is 1. The number of carbonyl (C=O) groups excluding carboxylic acids is 1. The second-order valence-corrected chi connectivity index (χ2v) is 9.16. The zero-order valence-electron chi connectivity index (χ0n) is 17.5. The maximum Gasteiger partial charge on any atom is 0.407 e. The molecule has 1 amide bonds. The van der Waals surface area contributed by atoms with Crippen molar-refractivity contribution in [1.82, 2.24) is 20.3 Å². The molecule has 0 atom stereocenters. The van der Waals surface area contributed by atoms with Gasteiger partial charge < -0.3 is 15.8 Å². The Hall–Kier alpha value is -3.52. The van der Waals surface area contributed by atoms with E-state index in [0.717, 1.165) is 43.2 Å². The van der Waals surface area contributed by atoms with E-state index in [1.807, 2.05) is 57.2 Å². The number of nitrogens with zero attached hydrogens (tertiary/aromatic N) is 3. The lowest BCUT2D eigenvalue weighted by Crippen LogP contribution is -2.32. The van der Waals surface area contributed by atoms with E-state index in [2.05, 4.69) is 20.3 Å². The van der Waals surface area contributed by atoms with Gasteiger partial charge in [-0.05, 0) is 56.2 Å². The number of carbonyl (C=O) groups is 1. The molecule has 4 aromatic rings. The quantitative estimate of drug-likeness (QED) is 0.438. The van der Waals surface area contributed by atoms with Crippen LogP contribution in [0.15, 0.2) is 55.1 Å². The number of thiophene rings is 1. The minimum Gasteiger partial charge on any atom is -0.444 e. The van der Waals surface area contributed by atoms with Gasteiger partial charge in [-0.3, -0.25) is 4.98 Å². The molecule has 0 saturated heterocycles. The fraction of sp³-hybridized carbons (Fsp3) is 0.217. The van der Waals surface area contributed by atoms with Crippen LogP contribution in [0.4, 0.5) is 10.5 Å². The van der Waals surface area contributed by atoms with Gasteiger partial charge in [-0.2, -0.15) is 0 Å². The molecule has 31 heavy (non-hydrogen) atoms. The van der Waals surface area contributed by atoms with Crippen molar-refractivity contribution in [3.05, 3.63) is 60.7 Å². The van der Waals surface area contributed by atoms with Crippen molar-refractivity contribution in [1.29, 1.82) is 0 Å². The second kappa shape index (κ2) is 8.31. The zero-order chi connectivity index (χ0) is 22.0. The van der Waals surface area contributed by atoms with Crippen molar-refractivity contribution in [2.24, 2.45) is 0 Å². The van der Waals surface area contributed by atoms with Gasteiger partial charge in [-0.25, -0.2) is 14.8 Å². The molecule has 0 saturated carbocycles. The van der Waals surface area contributed by atoms with Crippen LogP contribution in [0.5, 0.6) is 0 Å². The molecular formula is C23H23N5O2S. The van der Waals surface area contributed by atoms with Crippen LogP contribution in [0, 0.1) is 0 Å². The number of rotatable bonds is 4. The maximum atomic E-state index is 11.9. The summed E-state index contributed by atoms with van der Waals surface area (Å²) >= 11 is 1.61. The number of amides is 1. The van der Waals surface area contributed by atoms with E-state index in [4.69, 9.17) is 10.5 Å². The number of pyridine rings is 1. The van der Waals surface area contributed by atoms with Gasteiger partial charge >= 0.3 is 6.09 Å². The molecule has 3 aromatic heterocycles. The van der Waals surface area contributed by atoms with Crippen LogP contribution in [0.2, 0.25) is 0 Å². The molecule has 0 radical (unpaired) electrons. The third-order valence-electron chi connectivity index (χ3n) is 4.39. The summed E-state index contributed by atoms with van der Waals surface area (Å²) in [4.78, 5) is 26.3. The first-order valence-corrected chi connectivity index (χ1v) is 10.6. The van der Waals surface area contributed by atoms with Crippen LogP contribution in [0.1, 0.15) is 26.3 Å². The number of benzene rings is 1. The smallest absolute Gasteiger partial charge is 0.407 e. The lowest BCUT2D eigenvalue weighted by molar-refractivity contribution is 0.0523. The third-order valence-corrected chi connectivity index (χ3v) is 5.57. The van der Waals surface area contributed by atoms with E-state index >= 15 is 0 Å². The SMILES string of the molecule is CC(C)(C)OC(=O)NCc1cncc(-c2ncnc3cc(-c4cccc(N)c4)sc23)c1. The Morgan fingerprint density at radius 1 is 1.13 bits per heavy atom. The molecule has 0 aliphatic heterocycles. The van der Waals surface area contributed by atoms with Gasteiger partial charge in [0.2, 0.25) is 0 Å². The van der Waals surface area contributed by atoms with Gasteiger partial charge in [0.1, 0.15) is 11.9 Å². The van der Waals surface area contributed by atoms with Gasteiger partial charge in [0, 0.05) is 35.1 Å². The molecule has 0 fully saturated rings. The minimum atomic E-state index is -0.545. The largest absolute Gasteiger partial charge is 0.444 e. The van der Waals surface area contributed by atoms with Crippen LogP contribution in [-0.4, -0.2) is 26.6 Å². The van der Waals surface area contributed by atoms with E-state index < -0.39 is 11.7 Å². The molecule has 0 unspecified atom stereocenters. The van der Waals surface area contributed by atoms with Gasteiger partial charge in [0.15, 0.2) is 0 Å². The summed E-state index contributed by atoms with van der Waals surface area (Å²) < 4.78 is 6.26. The lowest BCUT2D eigenvalue weighted by atomic mass is 10.1. The molecule has 3 heterocycles. The molecular weight excluding hydrogens is 410 g/mol. The summed E-state index contributed by atoms with van der Waals surface area (Å²) in [5.41, 5.74) is 10.5. The predicted octanol–water partition coefficient (Wildman–Crippen LogP) is 5.03. The molecule has 4 rings (SSSR count). The Bertz CT molecular complexity index is 1250. The highest BCUT2D eigenvalue weighted by Gasteiger charge is 2.16. The normalized spacial score (nSPS) is 11.5. The van der Waals surface area contributed by atoms with Crippen LogP contribution in [-0.2, 0) is 11.3 Å². The lowest BCUT2D eigenvalue weighted by Gasteiger charge is -2.19.